The fourth-order valence-corrected chi connectivity index (χ4v) is 2.44. The van der Waals surface area contributed by atoms with Crippen molar-refractivity contribution in [3.63, 3.8) is 0 Å². The second-order valence-electron chi connectivity index (χ2n) is 3.97. The maximum absolute atomic E-state index is 13.1. The molecule has 19 heavy (non-hydrogen) atoms. The minimum Gasteiger partial charge on any atom is -0.507 e. The number of benzene rings is 1. The zero-order chi connectivity index (χ0) is 13.8. The minimum atomic E-state index is -0.565. The Morgan fingerprint density at radius 1 is 1.58 bits per heavy atom. The molecule has 0 fully saturated rings. The molecule has 2 N–H and O–H groups in total. The number of aromatic nitrogens is 1. The number of hydrogen-bond donors (Lipinski definition) is 2. The van der Waals surface area contributed by atoms with Gasteiger partial charge in [0.1, 0.15) is 16.6 Å². The summed E-state index contributed by atoms with van der Waals surface area (Å²) in [5.41, 5.74) is -0.0741. The minimum absolute atomic E-state index is 0.0741. The average molecular weight is 280 g/mol. The van der Waals surface area contributed by atoms with Crippen LogP contribution in [0.15, 0.2) is 29.8 Å². The molecule has 0 saturated carbocycles. The normalized spacial score (nSPS) is 12.1. The van der Waals surface area contributed by atoms with Crippen molar-refractivity contribution in [1.29, 1.82) is 0 Å². The molecule has 6 heteroatoms. The maximum atomic E-state index is 13.1. The summed E-state index contributed by atoms with van der Waals surface area (Å²) in [5.74, 6) is -1.32. The Kier molecular flexibility index (Phi) is 4.11. The summed E-state index contributed by atoms with van der Waals surface area (Å²) in [7, 11) is 0. The smallest absolute Gasteiger partial charge is 0.255 e. The lowest BCUT2D eigenvalue weighted by molar-refractivity contribution is 0.0932. The molecular weight excluding hydrogens is 267 g/mol. The highest BCUT2D eigenvalue weighted by Crippen LogP contribution is 2.22. The van der Waals surface area contributed by atoms with Gasteiger partial charge in [-0.15, -0.1) is 11.3 Å². The number of hydrogen-bond acceptors (Lipinski definition) is 4. The van der Waals surface area contributed by atoms with Gasteiger partial charge in [-0.1, -0.05) is 6.92 Å². The molecule has 0 aliphatic heterocycles. The number of aromatic hydroxyl groups is 1. The van der Waals surface area contributed by atoms with Crippen LogP contribution < -0.4 is 5.32 Å². The second-order valence-corrected chi connectivity index (χ2v) is 4.89. The molecule has 2 rings (SSSR count). The molecule has 1 heterocycles. The summed E-state index contributed by atoms with van der Waals surface area (Å²) in [6, 6.07) is 3.04. The van der Waals surface area contributed by atoms with Crippen molar-refractivity contribution in [3.8, 4) is 5.75 Å². The van der Waals surface area contributed by atoms with Gasteiger partial charge in [0.05, 0.1) is 11.6 Å². The number of carbonyl (C=O) groups excluding carboxylic acids is 1. The Morgan fingerprint density at radius 3 is 3.00 bits per heavy atom. The lowest BCUT2D eigenvalue weighted by Gasteiger charge is -2.15. The number of nitrogens with one attached hydrogen (secondary N) is 1. The SMILES string of the molecule is CCC(NC(=O)c1cc(F)ccc1O)c1nccs1. The first-order valence-corrected chi connectivity index (χ1v) is 6.68. The summed E-state index contributed by atoms with van der Waals surface area (Å²) in [5, 5.41) is 14.9. The van der Waals surface area contributed by atoms with Crippen molar-refractivity contribution in [2.45, 2.75) is 19.4 Å². The number of phenols is 1. The molecule has 4 nitrogen and oxygen atoms in total. The summed E-state index contributed by atoms with van der Waals surface area (Å²) in [6.45, 7) is 1.91. The van der Waals surface area contributed by atoms with Crippen molar-refractivity contribution in [2.75, 3.05) is 0 Å². The number of carbonyl (C=O) groups is 1. The van der Waals surface area contributed by atoms with Crippen LogP contribution in [-0.4, -0.2) is 16.0 Å². The quantitative estimate of drug-likeness (QED) is 0.905. The van der Waals surface area contributed by atoms with Gasteiger partial charge in [-0.05, 0) is 24.6 Å². The predicted molar refractivity (Wildman–Crippen MR) is 70.7 cm³/mol. The lowest BCUT2D eigenvalue weighted by Crippen LogP contribution is -2.28. The third-order valence-electron chi connectivity index (χ3n) is 2.67. The number of amides is 1. The highest BCUT2D eigenvalue weighted by Gasteiger charge is 2.18. The van der Waals surface area contributed by atoms with E-state index in [2.05, 4.69) is 10.3 Å². The fraction of sp³-hybridized carbons (Fsp3) is 0.231. The van der Waals surface area contributed by atoms with Crippen LogP contribution in [0.4, 0.5) is 4.39 Å². The molecule has 1 aromatic carbocycles. The molecule has 1 amide bonds. The standard InChI is InChI=1S/C13H13FN2O2S/c1-2-10(13-15-5-6-19-13)16-12(18)9-7-8(14)3-4-11(9)17/h3-7,10,17H,2H2,1H3,(H,16,18). The Labute approximate surface area is 113 Å². The van der Waals surface area contributed by atoms with Gasteiger partial charge in [0.2, 0.25) is 0 Å². The largest absolute Gasteiger partial charge is 0.507 e. The lowest BCUT2D eigenvalue weighted by atomic mass is 10.1. The van der Waals surface area contributed by atoms with Crippen LogP contribution in [0.2, 0.25) is 0 Å². The van der Waals surface area contributed by atoms with Crippen LogP contribution in [-0.2, 0) is 0 Å². The topological polar surface area (TPSA) is 62.2 Å². The molecule has 1 aromatic heterocycles. The van der Waals surface area contributed by atoms with E-state index in [9.17, 15) is 14.3 Å². The third-order valence-corrected chi connectivity index (χ3v) is 3.56. The first kappa shape index (κ1) is 13.5. The molecule has 1 atom stereocenters. The number of thiazole rings is 1. The van der Waals surface area contributed by atoms with Crippen LogP contribution in [0.1, 0.15) is 34.8 Å². The van der Waals surface area contributed by atoms with Crippen LogP contribution in [0.3, 0.4) is 0 Å². The molecular formula is C13H13FN2O2S. The second kappa shape index (κ2) is 5.79. The van der Waals surface area contributed by atoms with Crippen LogP contribution >= 0.6 is 11.3 Å². The van der Waals surface area contributed by atoms with Crippen LogP contribution in [0.5, 0.6) is 5.75 Å². The number of nitrogens with zero attached hydrogens (tertiary/aromatic N) is 1. The summed E-state index contributed by atoms with van der Waals surface area (Å²) >= 11 is 1.44. The van der Waals surface area contributed by atoms with E-state index in [1.165, 1.54) is 11.3 Å². The van der Waals surface area contributed by atoms with E-state index in [0.29, 0.717) is 6.42 Å². The van der Waals surface area contributed by atoms with Crippen molar-refractivity contribution < 1.29 is 14.3 Å². The van der Waals surface area contributed by atoms with Gasteiger partial charge in [0.15, 0.2) is 0 Å². The van der Waals surface area contributed by atoms with Gasteiger partial charge in [-0.25, -0.2) is 9.37 Å². The van der Waals surface area contributed by atoms with Gasteiger partial charge in [0.25, 0.3) is 5.91 Å². The first-order valence-electron chi connectivity index (χ1n) is 5.80. The average Bonchev–Trinajstić information content (AvgIpc) is 2.92. The van der Waals surface area contributed by atoms with E-state index in [1.807, 2.05) is 12.3 Å². The molecule has 100 valence electrons. The predicted octanol–water partition coefficient (Wildman–Crippen LogP) is 2.87. The van der Waals surface area contributed by atoms with E-state index in [-0.39, 0.29) is 17.4 Å². The summed E-state index contributed by atoms with van der Waals surface area (Å²) in [4.78, 5) is 16.2. The van der Waals surface area contributed by atoms with E-state index >= 15 is 0 Å². The Balaban J connectivity index is 2.18. The zero-order valence-corrected chi connectivity index (χ0v) is 11.1. The van der Waals surface area contributed by atoms with E-state index in [1.54, 1.807) is 6.20 Å². The van der Waals surface area contributed by atoms with E-state index in [4.69, 9.17) is 0 Å². The van der Waals surface area contributed by atoms with Gasteiger partial charge in [-0.2, -0.15) is 0 Å². The molecule has 2 aromatic rings. The van der Waals surface area contributed by atoms with Crippen LogP contribution in [0, 0.1) is 5.82 Å². The van der Waals surface area contributed by atoms with Crippen molar-refractivity contribution in [1.82, 2.24) is 10.3 Å². The molecule has 0 bridgehead atoms. The third kappa shape index (κ3) is 3.08. The highest BCUT2D eigenvalue weighted by molar-refractivity contribution is 7.09. The first-order chi connectivity index (χ1) is 9.11. The maximum Gasteiger partial charge on any atom is 0.255 e. The van der Waals surface area contributed by atoms with E-state index < -0.39 is 11.7 Å². The van der Waals surface area contributed by atoms with Crippen molar-refractivity contribution >= 4 is 17.2 Å². The number of halogens is 1. The Bertz CT molecular complexity index is 572. The Hall–Kier alpha value is -1.95. The Morgan fingerprint density at radius 2 is 2.37 bits per heavy atom. The molecule has 1 unspecified atom stereocenters. The van der Waals surface area contributed by atoms with Gasteiger partial charge < -0.3 is 10.4 Å². The van der Waals surface area contributed by atoms with E-state index in [0.717, 1.165) is 23.2 Å². The van der Waals surface area contributed by atoms with Crippen LogP contribution in [0.25, 0.3) is 0 Å². The molecule has 0 saturated heterocycles. The fourth-order valence-electron chi connectivity index (χ4n) is 1.67. The number of rotatable bonds is 4. The summed E-state index contributed by atoms with van der Waals surface area (Å²) in [6.07, 6.45) is 2.32. The highest BCUT2D eigenvalue weighted by atomic mass is 32.1. The molecule has 0 radical (unpaired) electrons. The monoisotopic (exact) mass is 280 g/mol. The van der Waals surface area contributed by atoms with Gasteiger partial charge in [-0.3, -0.25) is 4.79 Å². The molecule has 0 aliphatic rings. The van der Waals surface area contributed by atoms with Crippen molar-refractivity contribution in [3.05, 3.63) is 46.2 Å². The summed E-state index contributed by atoms with van der Waals surface area (Å²) < 4.78 is 13.1. The van der Waals surface area contributed by atoms with Gasteiger partial charge in [0, 0.05) is 11.6 Å². The molecule has 0 aliphatic carbocycles. The molecule has 0 spiro atoms. The number of phenolic OH excluding ortho intramolecular Hbond substituents is 1. The zero-order valence-electron chi connectivity index (χ0n) is 10.3. The van der Waals surface area contributed by atoms with Gasteiger partial charge >= 0.3 is 0 Å². The van der Waals surface area contributed by atoms with Crippen molar-refractivity contribution in [2.24, 2.45) is 0 Å².